The van der Waals surface area contributed by atoms with Crippen molar-refractivity contribution < 1.29 is 28.5 Å². The number of nitrogens with zero attached hydrogens (tertiary/aromatic N) is 1. The quantitative estimate of drug-likeness (QED) is 0.696. The second-order valence-electron chi connectivity index (χ2n) is 7.26. The molecule has 3 aliphatic rings. The van der Waals surface area contributed by atoms with Crippen LogP contribution >= 0.6 is 0 Å². The number of fused-ring (bicyclic) bond motifs is 3. The molecule has 4 atom stereocenters. The van der Waals surface area contributed by atoms with Crippen LogP contribution in [0.5, 0.6) is 0 Å². The number of esters is 2. The normalized spacial score (nSPS) is 32.5. The Labute approximate surface area is 153 Å². The third-order valence-electron chi connectivity index (χ3n) is 5.41. The number of nitrogens with one attached hydrogen (secondary N) is 1. The van der Waals surface area contributed by atoms with Crippen LogP contribution < -0.4 is 11.2 Å². The maximum Gasteiger partial charge on any atom is 0.330 e. The third-order valence-corrected chi connectivity index (χ3v) is 5.41. The Kier molecular flexibility index (Phi) is 3.83. The Morgan fingerprint density at radius 3 is 2.56 bits per heavy atom. The molecule has 2 unspecified atom stereocenters. The van der Waals surface area contributed by atoms with Crippen LogP contribution in [0.1, 0.15) is 38.5 Å². The fourth-order valence-electron chi connectivity index (χ4n) is 4.05. The first-order valence-corrected chi connectivity index (χ1v) is 8.67. The molecule has 1 aromatic heterocycles. The third kappa shape index (κ3) is 2.54. The molecule has 2 bridgehead atoms. The van der Waals surface area contributed by atoms with E-state index in [1.165, 1.54) is 24.6 Å². The molecule has 1 N–H and O–H groups in total. The van der Waals surface area contributed by atoms with Crippen LogP contribution in [0.2, 0.25) is 0 Å². The Bertz CT molecular complexity index is 930. The van der Waals surface area contributed by atoms with Gasteiger partial charge in [0.1, 0.15) is 18.3 Å². The minimum atomic E-state index is -1.21. The van der Waals surface area contributed by atoms with Gasteiger partial charge in [-0.15, -0.1) is 0 Å². The van der Waals surface area contributed by atoms with Crippen LogP contribution in [0.25, 0.3) is 0 Å². The molecule has 1 spiro atoms. The van der Waals surface area contributed by atoms with Crippen molar-refractivity contribution in [2.75, 3.05) is 6.61 Å². The maximum absolute atomic E-state index is 12.3. The summed E-state index contributed by atoms with van der Waals surface area (Å²) in [6.45, 7) is 3.93. The number of hydrogen-bond acceptors (Lipinski definition) is 8. The van der Waals surface area contributed by atoms with Crippen LogP contribution in [0, 0.1) is 6.92 Å². The monoisotopic (exact) mass is 380 g/mol. The van der Waals surface area contributed by atoms with Crippen molar-refractivity contribution in [1.82, 2.24) is 9.55 Å². The van der Waals surface area contributed by atoms with Gasteiger partial charge in [0.15, 0.2) is 17.9 Å². The van der Waals surface area contributed by atoms with Crippen molar-refractivity contribution in [2.24, 2.45) is 0 Å². The zero-order valence-corrected chi connectivity index (χ0v) is 15.1. The lowest BCUT2D eigenvalue weighted by molar-refractivity contribution is -0.239. The summed E-state index contributed by atoms with van der Waals surface area (Å²) in [5.41, 5.74) is -2.76. The predicted molar refractivity (Wildman–Crippen MR) is 87.9 cm³/mol. The zero-order valence-electron chi connectivity index (χ0n) is 15.1. The van der Waals surface area contributed by atoms with Gasteiger partial charge in [0, 0.05) is 25.6 Å². The van der Waals surface area contributed by atoms with Gasteiger partial charge in [-0.25, -0.2) is 4.79 Å². The highest BCUT2D eigenvalue weighted by Gasteiger charge is 2.80. The molecule has 10 nitrogen and oxygen atoms in total. The van der Waals surface area contributed by atoms with Gasteiger partial charge in [0.05, 0.1) is 0 Å². The second kappa shape index (κ2) is 5.77. The van der Waals surface area contributed by atoms with Gasteiger partial charge >= 0.3 is 17.6 Å². The topological polar surface area (TPSA) is 126 Å². The maximum atomic E-state index is 12.3. The molecule has 27 heavy (non-hydrogen) atoms. The van der Waals surface area contributed by atoms with E-state index in [4.69, 9.17) is 18.9 Å². The summed E-state index contributed by atoms with van der Waals surface area (Å²) < 4.78 is 24.3. The van der Waals surface area contributed by atoms with E-state index >= 15 is 0 Å². The number of hydrogen-bond donors (Lipinski definition) is 1. The summed E-state index contributed by atoms with van der Waals surface area (Å²) in [6.07, 6.45) is 0.152. The molecule has 4 rings (SSSR count). The standard InChI is InChI=1S/C17H20N2O8/c1-8-6-19(15(23)18-13(8)22)14-11-12(25-10(3)21)17(27-14,7-24-9(2)20)16(26-11)4-5-16/h6,11-12,14H,4-5,7H2,1-3H3,(H,18,22,23)/t11?,12?,14-,17-/m1/s1. The highest BCUT2D eigenvalue weighted by atomic mass is 16.7. The molecular weight excluding hydrogens is 360 g/mol. The van der Waals surface area contributed by atoms with Crippen molar-refractivity contribution in [3.63, 3.8) is 0 Å². The molecule has 1 aliphatic carbocycles. The Morgan fingerprint density at radius 2 is 1.96 bits per heavy atom. The van der Waals surface area contributed by atoms with Gasteiger partial charge in [0.2, 0.25) is 0 Å². The van der Waals surface area contributed by atoms with Crippen LogP contribution in [-0.2, 0) is 28.5 Å². The number of aromatic nitrogens is 2. The largest absolute Gasteiger partial charge is 0.463 e. The van der Waals surface area contributed by atoms with Gasteiger partial charge in [-0.1, -0.05) is 0 Å². The molecule has 0 amide bonds. The van der Waals surface area contributed by atoms with Gasteiger partial charge < -0.3 is 18.9 Å². The minimum Gasteiger partial charge on any atom is -0.463 e. The Balaban J connectivity index is 1.77. The van der Waals surface area contributed by atoms with Gasteiger partial charge in [-0.3, -0.25) is 23.9 Å². The molecule has 2 aliphatic heterocycles. The molecule has 0 aromatic carbocycles. The number of aryl methyl sites for hydroxylation is 1. The molecule has 3 fully saturated rings. The van der Waals surface area contributed by atoms with E-state index in [1.54, 1.807) is 6.92 Å². The molecular formula is C17H20N2O8. The van der Waals surface area contributed by atoms with Crippen LogP contribution in [0.4, 0.5) is 0 Å². The van der Waals surface area contributed by atoms with Crippen LogP contribution in [0.15, 0.2) is 15.8 Å². The lowest BCUT2D eigenvalue weighted by Crippen LogP contribution is -2.54. The van der Waals surface area contributed by atoms with Crippen LogP contribution in [0.3, 0.4) is 0 Å². The average Bonchev–Trinajstić information content (AvgIpc) is 3.24. The molecule has 3 heterocycles. The van der Waals surface area contributed by atoms with E-state index in [-0.39, 0.29) is 6.61 Å². The van der Waals surface area contributed by atoms with Crippen molar-refractivity contribution in [1.29, 1.82) is 0 Å². The number of H-pyrrole nitrogens is 1. The van der Waals surface area contributed by atoms with Crippen molar-refractivity contribution in [3.05, 3.63) is 32.6 Å². The van der Waals surface area contributed by atoms with Crippen molar-refractivity contribution in [3.8, 4) is 0 Å². The predicted octanol–water partition coefficient (Wildman–Crippen LogP) is -0.461. The van der Waals surface area contributed by atoms with Gasteiger partial charge in [-0.05, 0) is 19.8 Å². The molecule has 0 radical (unpaired) electrons. The molecule has 1 saturated carbocycles. The molecule has 1 aromatic rings. The van der Waals surface area contributed by atoms with E-state index in [9.17, 15) is 19.2 Å². The smallest absolute Gasteiger partial charge is 0.330 e. The van der Waals surface area contributed by atoms with Gasteiger partial charge in [-0.2, -0.15) is 0 Å². The fraction of sp³-hybridized carbons (Fsp3) is 0.647. The fourth-order valence-corrected chi connectivity index (χ4v) is 4.05. The summed E-state index contributed by atoms with van der Waals surface area (Å²) in [4.78, 5) is 49.3. The Hall–Kier alpha value is -2.46. The van der Waals surface area contributed by atoms with Crippen molar-refractivity contribution in [2.45, 2.75) is 63.3 Å². The Morgan fingerprint density at radius 1 is 1.26 bits per heavy atom. The van der Waals surface area contributed by atoms with E-state index < -0.39 is 52.8 Å². The van der Waals surface area contributed by atoms with Gasteiger partial charge in [0.25, 0.3) is 5.56 Å². The SMILES string of the molecule is CC(=O)OC[C@]12O[C@@H](n3cc(C)c(=O)[nH]c3=O)C(OC13CC3)C2OC(C)=O. The summed E-state index contributed by atoms with van der Waals surface area (Å²) in [7, 11) is 0. The highest BCUT2D eigenvalue weighted by molar-refractivity contribution is 5.67. The summed E-state index contributed by atoms with van der Waals surface area (Å²) in [5, 5.41) is 0. The lowest BCUT2D eigenvalue weighted by Gasteiger charge is -2.37. The van der Waals surface area contributed by atoms with E-state index in [1.807, 2.05) is 0 Å². The summed E-state index contributed by atoms with van der Waals surface area (Å²) in [6, 6.07) is 0. The number of carbonyl (C=O) groups excluding carboxylic acids is 2. The number of aromatic amines is 1. The van der Waals surface area contributed by atoms with E-state index in [0.717, 1.165) is 0 Å². The minimum absolute atomic E-state index is 0.162. The molecule has 10 heteroatoms. The highest BCUT2D eigenvalue weighted by Crippen LogP contribution is 2.65. The van der Waals surface area contributed by atoms with Crippen LogP contribution in [-0.4, -0.2) is 51.5 Å². The number of carbonyl (C=O) groups is 2. The zero-order chi connectivity index (χ0) is 19.6. The first kappa shape index (κ1) is 17.9. The second-order valence-corrected chi connectivity index (χ2v) is 7.26. The average molecular weight is 380 g/mol. The summed E-state index contributed by atoms with van der Waals surface area (Å²) in [5.74, 6) is -1.04. The van der Waals surface area contributed by atoms with E-state index in [2.05, 4.69) is 4.98 Å². The van der Waals surface area contributed by atoms with Crippen molar-refractivity contribution >= 4 is 11.9 Å². The van der Waals surface area contributed by atoms with E-state index in [0.29, 0.717) is 18.4 Å². The first-order chi connectivity index (χ1) is 12.7. The first-order valence-electron chi connectivity index (χ1n) is 8.67. The number of ether oxygens (including phenoxy) is 4. The molecule has 2 saturated heterocycles. The molecule has 146 valence electrons. The number of rotatable bonds is 4. The summed E-state index contributed by atoms with van der Waals surface area (Å²) >= 11 is 0. The lowest BCUT2D eigenvalue weighted by atomic mass is 9.91.